The number of carbonyl (C=O) groups excluding carboxylic acids is 1. The van der Waals surface area contributed by atoms with Crippen LogP contribution >= 0.6 is 0 Å². The molecular weight excluding hydrogens is 249 g/mol. The van der Waals surface area contributed by atoms with Crippen LogP contribution in [0.3, 0.4) is 0 Å². The van der Waals surface area contributed by atoms with Crippen LogP contribution in [0.2, 0.25) is 0 Å². The number of amides is 1. The topological polar surface area (TPSA) is 77.2 Å². The molecule has 2 rings (SSSR count). The summed E-state index contributed by atoms with van der Waals surface area (Å²) in [6, 6.07) is 1.10. The number of aromatic nitrogens is 1. The summed E-state index contributed by atoms with van der Waals surface area (Å²) >= 11 is 0. The van der Waals surface area contributed by atoms with Crippen molar-refractivity contribution in [3.8, 4) is 0 Å². The number of nitrogen functional groups attached to an aromatic ring is 1. The number of nitrogens with one attached hydrogen (secondary N) is 1. The van der Waals surface area contributed by atoms with Crippen molar-refractivity contribution in [2.45, 2.75) is 25.9 Å². The van der Waals surface area contributed by atoms with Gasteiger partial charge < -0.3 is 15.8 Å². The quantitative estimate of drug-likeness (QED) is 0.863. The first kappa shape index (κ1) is 13.7. The van der Waals surface area contributed by atoms with Crippen molar-refractivity contribution in [1.29, 1.82) is 0 Å². The summed E-state index contributed by atoms with van der Waals surface area (Å²) < 4.78 is 18.6. The van der Waals surface area contributed by atoms with Crippen molar-refractivity contribution in [3.05, 3.63) is 23.6 Å². The molecule has 3 N–H and O–H groups in total. The number of anilines is 1. The molecule has 1 fully saturated rings. The molecule has 0 spiro atoms. The zero-order chi connectivity index (χ0) is 13.8. The Balaban J connectivity index is 1.96. The number of ether oxygens (including phenoxy) is 1. The van der Waals surface area contributed by atoms with Gasteiger partial charge in [-0.3, -0.25) is 4.79 Å². The Morgan fingerprint density at radius 2 is 2.47 bits per heavy atom. The molecule has 1 aromatic heterocycles. The van der Waals surface area contributed by atoms with Gasteiger partial charge in [-0.25, -0.2) is 9.37 Å². The van der Waals surface area contributed by atoms with E-state index in [4.69, 9.17) is 10.5 Å². The van der Waals surface area contributed by atoms with Crippen molar-refractivity contribution in [2.24, 2.45) is 5.92 Å². The molecule has 0 radical (unpaired) electrons. The molecule has 19 heavy (non-hydrogen) atoms. The molecule has 1 amide bonds. The third kappa shape index (κ3) is 3.20. The van der Waals surface area contributed by atoms with E-state index in [0.29, 0.717) is 12.5 Å². The van der Waals surface area contributed by atoms with Crippen LogP contribution < -0.4 is 11.1 Å². The van der Waals surface area contributed by atoms with E-state index in [2.05, 4.69) is 17.2 Å². The van der Waals surface area contributed by atoms with E-state index in [1.165, 1.54) is 0 Å². The summed E-state index contributed by atoms with van der Waals surface area (Å²) in [6.45, 7) is 3.29. The lowest BCUT2D eigenvalue weighted by atomic mass is 9.99. The first-order chi connectivity index (χ1) is 9.11. The average molecular weight is 267 g/mol. The van der Waals surface area contributed by atoms with Crippen LogP contribution in [0.4, 0.5) is 10.2 Å². The van der Waals surface area contributed by atoms with Gasteiger partial charge in [0.05, 0.1) is 17.9 Å². The number of halogens is 1. The minimum absolute atomic E-state index is 0.0358. The Hall–Kier alpha value is -1.69. The number of nitrogens with zero attached hydrogens (tertiary/aromatic N) is 1. The molecule has 5 nitrogen and oxygen atoms in total. The van der Waals surface area contributed by atoms with Gasteiger partial charge >= 0.3 is 0 Å². The maximum Gasteiger partial charge on any atom is 0.255 e. The fourth-order valence-electron chi connectivity index (χ4n) is 2.33. The minimum Gasteiger partial charge on any atom is -0.383 e. The lowest BCUT2D eigenvalue weighted by molar-refractivity contribution is 0.0827. The van der Waals surface area contributed by atoms with Crippen LogP contribution in [0.15, 0.2) is 12.3 Å². The predicted octanol–water partition coefficient (Wildman–Crippen LogP) is 1.35. The number of carbonyl (C=O) groups is 1. The van der Waals surface area contributed by atoms with Gasteiger partial charge in [0, 0.05) is 19.1 Å². The minimum atomic E-state index is -0.574. The van der Waals surface area contributed by atoms with Crippen molar-refractivity contribution >= 4 is 11.7 Å². The molecule has 0 saturated carbocycles. The number of rotatable bonds is 4. The molecule has 1 aliphatic heterocycles. The van der Waals surface area contributed by atoms with Crippen LogP contribution in [-0.2, 0) is 4.74 Å². The van der Waals surface area contributed by atoms with Crippen LogP contribution in [0, 0.1) is 11.7 Å². The van der Waals surface area contributed by atoms with E-state index in [1.807, 2.05) is 0 Å². The monoisotopic (exact) mass is 267 g/mol. The molecule has 1 aromatic rings. The normalized spacial score (nSPS) is 22.4. The van der Waals surface area contributed by atoms with Crippen molar-refractivity contribution < 1.29 is 13.9 Å². The average Bonchev–Trinajstić information content (AvgIpc) is 2.86. The highest BCUT2D eigenvalue weighted by molar-refractivity contribution is 5.98. The van der Waals surface area contributed by atoms with Crippen LogP contribution in [0.25, 0.3) is 0 Å². The Bertz CT molecular complexity index is 467. The SMILES string of the molecule is CCC1OCCC1CNC(=O)c1cc(F)cnc1N. The summed E-state index contributed by atoms with van der Waals surface area (Å²) in [5.41, 5.74) is 5.64. The van der Waals surface area contributed by atoms with Crippen molar-refractivity contribution in [3.63, 3.8) is 0 Å². The van der Waals surface area contributed by atoms with Gasteiger partial charge in [-0.15, -0.1) is 0 Å². The summed E-state index contributed by atoms with van der Waals surface area (Å²) in [4.78, 5) is 15.6. The first-order valence-corrected chi connectivity index (χ1v) is 6.42. The molecule has 2 atom stereocenters. The third-order valence-corrected chi connectivity index (χ3v) is 3.40. The standard InChI is InChI=1S/C13H18FN3O2/c1-2-11-8(3-4-19-11)6-17-13(18)10-5-9(14)7-16-12(10)15/h5,7-8,11H,2-4,6H2,1H3,(H2,15,16)(H,17,18). The molecule has 2 heterocycles. The van der Waals surface area contributed by atoms with E-state index in [1.54, 1.807) is 0 Å². The number of nitrogens with two attached hydrogens (primary N) is 1. The van der Waals surface area contributed by atoms with E-state index < -0.39 is 11.7 Å². The zero-order valence-corrected chi connectivity index (χ0v) is 10.9. The second-order valence-corrected chi connectivity index (χ2v) is 4.66. The molecule has 104 valence electrons. The largest absolute Gasteiger partial charge is 0.383 e. The van der Waals surface area contributed by atoms with Crippen molar-refractivity contribution in [1.82, 2.24) is 10.3 Å². The van der Waals surface area contributed by atoms with E-state index in [9.17, 15) is 9.18 Å². The van der Waals surface area contributed by atoms with Crippen molar-refractivity contribution in [2.75, 3.05) is 18.9 Å². The first-order valence-electron chi connectivity index (χ1n) is 6.42. The molecule has 0 aliphatic carbocycles. The molecule has 0 aromatic carbocycles. The van der Waals surface area contributed by atoms with Gasteiger partial charge in [-0.2, -0.15) is 0 Å². The highest BCUT2D eigenvalue weighted by Gasteiger charge is 2.27. The van der Waals surface area contributed by atoms with Gasteiger partial charge in [0.15, 0.2) is 0 Å². The van der Waals surface area contributed by atoms with E-state index in [-0.39, 0.29) is 17.5 Å². The summed E-state index contributed by atoms with van der Waals surface area (Å²) in [6.07, 6.45) is 3.02. The fourth-order valence-corrected chi connectivity index (χ4v) is 2.33. The molecule has 1 saturated heterocycles. The zero-order valence-electron chi connectivity index (χ0n) is 10.9. The van der Waals surface area contributed by atoms with Gasteiger partial charge in [0.25, 0.3) is 5.91 Å². The van der Waals surface area contributed by atoms with Gasteiger partial charge in [0.2, 0.25) is 0 Å². The highest BCUT2D eigenvalue weighted by Crippen LogP contribution is 2.22. The Labute approximate surface area is 111 Å². The maximum atomic E-state index is 13.0. The number of hydrogen-bond acceptors (Lipinski definition) is 4. The smallest absolute Gasteiger partial charge is 0.255 e. The predicted molar refractivity (Wildman–Crippen MR) is 69.1 cm³/mol. The third-order valence-electron chi connectivity index (χ3n) is 3.40. The molecule has 0 bridgehead atoms. The van der Waals surface area contributed by atoms with Crippen LogP contribution in [0.5, 0.6) is 0 Å². The highest BCUT2D eigenvalue weighted by atomic mass is 19.1. The Kier molecular flexibility index (Phi) is 4.31. The second-order valence-electron chi connectivity index (χ2n) is 4.66. The summed E-state index contributed by atoms with van der Waals surface area (Å²) in [7, 11) is 0. The maximum absolute atomic E-state index is 13.0. The fraction of sp³-hybridized carbons (Fsp3) is 0.538. The second kappa shape index (κ2) is 5.97. The van der Waals surface area contributed by atoms with Crippen LogP contribution in [-0.4, -0.2) is 30.1 Å². The Morgan fingerprint density at radius 3 is 3.21 bits per heavy atom. The summed E-state index contributed by atoms with van der Waals surface area (Å²) in [5, 5.41) is 2.77. The van der Waals surface area contributed by atoms with E-state index in [0.717, 1.165) is 31.7 Å². The van der Waals surface area contributed by atoms with Gasteiger partial charge in [-0.05, 0) is 18.9 Å². The lowest BCUT2D eigenvalue weighted by Gasteiger charge is -2.17. The van der Waals surface area contributed by atoms with Crippen LogP contribution in [0.1, 0.15) is 30.1 Å². The van der Waals surface area contributed by atoms with Gasteiger partial charge in [-0.1, -0.05) is 6.92 Å². The Morgan fingerprint density at radius 1 is 1.68 bits per heavy atom. The number of pyridine rings is 1. The summed E-state index contributed by atoms with van der Waals surface area (Å²) in [5.74, 6) is -0.633. The van der Waals surface area contributed by atoms with Gasteiger partial charge in [0.1, 0.15) is 11.6 Å². The lowest BCUT2D eigenvalue weighted by Crippen LogP contribution is -2.33. The molecule has 1 aliphatic rings. The van der Waals surface area contributed by atoms with E-state index >= 15 is 0 Å². The molecular formula is C13H18FN3O2. The number of hydrogen-bond donors (Lipinski definition) is 2. The molecule has 6 heteroatoms. The molecule has 2 unspecified atom stereocenters.